The summed E-state index contributed by atoms with van der Waals surface area (Å²) in [6.07, 6.45) is 10.9. The molecule has 1 aliphatic rings. The third kappa shape index (κ3) is 2.85. The summed E-state index contributed by atoms with van der Waals surface area (Å²) < 4.78 is 2.08. The van der Waals surface area contributed by atoms with E-state index in [-0.39, 0.29) is 0 Å². The second-order valence-electron chi connectivity index (χ2n) is 5.02. The van der Waals surface area contributed by atoms with Crippen molar-refractivity contribution < 1.29 is 0 Å². The summed E-state index contributed by atoms with van der Waals surface area (Å²) in [7, 11) is 2.05. The summed E-state index contributed by atoms with van der Waals surface area (Å²) in [6, 6.07) is 0.622. The Hall–Kier alpha value is -0.830. The van der Waals surface area contributed by atoms with Crippen LogP contribution < -0.4 is 5.32 Å². The lowest BCUT2D eigenvalue weighted by atomic mass is 9.84. The first-order valence-electron chi connectivity index (χ1n) is 6.47. The molecule has 0 saturated heterocycles. The Morgan fingerprint density at radius 1 is 1.44 bits per heavy atom. The highest BCUT2D eigenvalue weighted by molar-refractivity contribution is 4.91. The van der Waals surface area contributed by atoms with Gasteiger partial charge in [-0.3, -0.25) is 0 Å². The van der Waals surface area contributed by atoms with Gasteiger partial charge in [0.2, 0.25) is 0 Å². The molecule has 0 aliphatic heterocycles. The minimum absolute atomic E-state index is 0.622. The average molecular weight is 221 g/mol. The molecule has 0 spiro atoms. The van der Waals surface area contributed by atoms with Gasteiger partial charge in [0.15, 0.2) is 0 Å². The third-order valence-corrected chi connectivity index (χ3v) is 3.86. The number of nitrogens with zero attached hydrogens (tertiary/aromatic N) is 2. The van der Waals surface area contributed by atoms with Gasteiger partial charge in [-0.25, -0.2) is 4.98 Å². The van der Waals surface area contributed by atoms with Gasteiger partial charge in [0.1, 0.15) is 5.82 Å². The molecule has 1 heterocycles. The predicted octanol–water partition coefficient (Wildman–Crippen LogP) is 2.48. The van der Waals surface area contributed by atoms with Crippen LogP contribution >= 0.6 is 0 Å². The van der Waals surface area contributed by atoms with Crippen molar-refractivity contribution in [3.8, 4) is 0 Å². The van der Waals surface area contributed by atoms with E-state index in [9.17, 15) is 0 Å². The SMILES string of the molecule is C[C@H](NCc1nccn1C)C1CCCCC1. The minimum atomic E-state index is 0.622. The molecule has 1 aliphatic carbocycles. The molecule has 1 fully saturated rings. The first-order chi connectivity index (χ1) is 7.77. The Bertz CT molecular complexity index is 313. The van der Waals surface area contributed by atoms with Gasteiger partial charge < -0.3 is 9.88 Å². The standard InChI is InChI=1S/C13H23N3/c1-11(12-6-4-3-5-7-12)15-10-13-14-8-9-16(13)2/h8-9,11-12,15H,3-7,10H2,1-2H3/t11-/m0/s1. The van der Waals surface area contributed by atoms with Crippen LogP contribution in [0.3, 0.4) is 0 Å². The van der Waals surface area contributed by atoms with Gasteiger partial charge in [-0.2, -0.15) is 0 Å². The van der Waals surface area contributed by atoms with E-state index < -0.39 is 0 Å². The molecule has 1 saturated carbocycles. The average Bonchev–Trinajstić information content (AvgIpc) is 2.73. The quantitative estimate of drug-likeness (QED) is 0.846. The number of hydrogen-bond acceptors (Lipinski definition) is 2. The zero-order chi connectivity index (χ0) is 11.4. The Labute approximate surface area is 98.3 Å². The molecular formula is C13H23N3. The van der Waals surface area contributed by atoms with E-state index >= 15 is 0 Å². The summed E-state index contributed by atoms with van der Waals surface area (Å²) in [5, 5.41) is 3.61. The van der Waals surface area contributed by atoms with Crippen LogP contribution in [0.2, 0.25) is 0 Å². The number of imidazole rings is 1. The third-order valence-electron chi connectivity index (χ3n) is 3.86. The molecule has 1 atom stereocenters. The molecule has 1 aromatic rings. The van der Waals surface area contributed by atoms with Gasteiger partial charge in [-0.1, -0.05) is 19.3 Å². The zero-order valence-corrected chi connectivity index (χ0v) is 10.4. The summed E-state index contributed by atoms with van der Waals surface area (Å²) in [4.78, 5) is 4.33. The summed E-state index contributed by atoms with van der Waals surface area (Å²) in [5.74, 6) is 2.00. The fourth-order valence-electron chi connectivity index (χ4n) is 2.62. The van der Waals surface area contributed by atoms with E-state index in [4.69, 9.17) is 0 Å². The molecular weight excluding hydrogens is 198 g/mol. The van der Waals surface area contributed by atoms with Crippen LogP contribution in [0.15, 0.2) is 12.4 Å². The van der Waals surface area contributed by atoms with Crippen molar-refractivity contribution in [3.05, 3.63) is 18.2 Å². The molecule has 3 nitrogen and oxygen atoms in total. The molecule has 0 aromatic carbocycles. The van der Waals surface area contributed by atoms with Gasteiger partial charge >= 0.3 is 0 Å². The smallest absolute Gasteiger partial charge is 0.122 e. The lowest BCUT2D eigenvalue weighted by molar-refractivity contribution is 0.279. The van der Waals surface area contributed by atoms with Gasteiger partial charge in [0.25, 0.3) is 0 Å². The molecule has 90 valence electrons. The molecule has 16 heavy (non-hydrogen) atoms. The first-order valence-corrected chi connectivity index (χ1v) is 6.47. The van der Waals surface area contributed by atoms with Crippen molar-refractivity contribution in [3.63, 3.8) is 0 Å². The number of hydrogen-bond donors (Lipinski definition) is 1. The van der Waals surface area contributed by atoms with Crippen LogP contribution in [0.4, 0.5) is 0 Å². The van der Waals surface area contributed by atoms with E-state index in [0.29, 0.717) is 6.04 Å². The molecule has 0 amide bonds. The molecule has 3 heteroatoms. The van der Waals surface area contributed by atoms with E-state index in [1.54, 1.807) is 0 Å². The highest BCUT2D eigenvalue weighted by atomic mass is 15.1. The Morgan fingerprint density at radius 2 is 2.19 bits per heavy atom. The molecule has 0 unspecified atom stereocenters. The maximum atomic E-state index is 4.33. The molecule has 1 N–H and O–H groups in total. The number of rotatable bonds is 4. The summed E-state index contributed by atoms with van der Waals surface area (Å²) >= 11 is 0. The van der Waals surface area contributed by atoms with Crippen molar-refractivity contribution in [1.29, 1.82) is 0 Å². The highest BCUT2D eigenvalue weighted by Gasteiger charge is 2.19. The summed E-state index contributed by atoms with van der Waals surface area (Å²) in [6.45, 7) is 3.21. The predicted molar refractivity (Wildman–Crippen MR) is 66.1 cm³/mol. The number of aryl methyl sites for hydroxylation is 1. The maximum Gasteiger partial charge on any atom is 0.122 e. The van der Waals surface area contributed by atoms with E-state index in [0.717, 1.165) is 18.3 Å². The maximum absolute atomic E-state index is 4.33. The first kappa shape index (κ1) is 11.6. The lowest BCUT2D eigenvalue weighted by Crippen LogP contribution is -2.34. The zero-order valence-electron chi connectivity index (χ0n) is 10.4. The van der Waals surface area contributed by atoms with Crippen molar-refractivity contribution in [2.24, 2.45) is 13.0 Å². The van der Waals surface area contributed by atoms with E-state index in [1.807, 2.05) is 12.4 Å². The van der Waals surface area contributed by atoms with Crippen LogP contribution in [0.1, 0.15) is 44.9 Å². The monoisotopic (exact) mass is 221 g/mol. The van der Waals surface area contributed by atoms with Crippen molar-refractivity contribution >= 4 is 0 Å². The van der Waals surface area contributed by atoms with Crippen molar-refractivity contribution in [2.45, 2.75) is 51.6 Å². The Morgan fingerprint density at radius 3 is 2.81 bits per heavy atom. The lowest BCUT2D eigenvalue weighted by Gasteiger charge is -2.28. The van der Waals surface area contributed by atoms with Gasteiger partial charge in [0, 0.05) is 25.5 Å². The van der Waals surface area contributed by atoms with Crippen molar-refractivity contribution in [1.82, 2.24) is 14.9 Å². The van der Waals surface area contributed by atoms with E-state index in [2.05, 4.69) is 28.8 Å². The van der Waals surface area contributed by atoms with Crippen LogP contribution in [0.5, 0.6) is 0 Å². The summed E-state index contributed by atoms with van der Waals surface area (Å²) in [5.41, 5.74) is 0. The fourth-order valence-corrected chi connectivity index (χ4v) is 2.62. The van der Waals surface area contributed by atoms with Crippen LogP contribution in [0, 0.1) is 5.92 Å². The minimum Gasteiger partial charge on any atom is -0.337 e. The highest BCUT2D eigenvalue weighted by Crippen LogP contribution is 2.26. The second-order valence-corrected chi connectivity index (χ2v) is 5.02. The van der Waals surface area contributed by atoms with Crippen LogP contribution in [-0.4, -0.2) is 15.6 Å². The molecule has 1 aromatic heterocycles. The van der Waals surface area contributed by atoms with E-state index in [1.165, 1.54) is 32.1 Å². The van der Waals surface area contributed by atoms with Crippen molar-refractivity contribution in [2.75, 3.05) is 0 Å². The normalized spacial score (nSPS) is 19.9. The number of nitrogens with one attached hydrogen (secondary N) is 1. The second kappa shape index (κ2) is 5.48. The Kier molecular flexibility index (Phi) is 3.99. The molecule has 2 rings (SSSR count). The fraction of sp³-hybridized carbons (Fsp3) is 0.769. The van der Waals surface area contributed by atoms with Gasteiger partial charge in [0.05, 0.1) is 6.54 Å². The van der Waals surface area contributed by atoms with Crippen LogP contribution in [-0.2, 0) is 13.6 Å². The van der Waals surface area contributed by atoms with Crippen LogP contribution in [0.25, 0.3) is 0 Å². The topological polar surface area (TPSA) is 29.9 Å². The Balaban J connectivity index is 1.78. The molecule has 0 bridgehead atoms. The largest absolute Gasteiger partial charge is 0.337 e. The van der Waals surface area contributed by atoms with Gasteiger partial charge in [-0.05, 0) is 25.7 Å². The van der Waals surface area contributed by atoms with Gasteiger partial charge in [-0.15, -0.1) is 0 Å². The number of aromatic nitrogens is 2. The molecule has 0 radical (unpaired) electrons.